The number of halogens is 1. The fourth-order valence-corrected chi connectivity index (χ4v) is 4.28. The first kappa shape index (κ1) is 15.9. The standard InChI is InChI=1S/C12H11ClN2O4S2/c1-19-12(16)11-9(6-10(13)20-11)21(17,18)15-7-8-2-4-14-5-3-8/h2-6,15H,7H2,1H3. The number of hydrogen-bond donors (Lipinski definition) is 1. The van der Waals surface area contributed by atoms with Crippen molar-refractivity contribution in [1.82, 2.24) is 9.71 Å². The smallest absolute Gasteiger partial charge is 0.349 e. The maximum Gasteiger partial charge on any atom is 0.349 e. The molecule has 0 amide bonds. The first-order valence-electron chi connectivity index (χ1n) is 5.70. The second-order valence-corrected chi connectivity index (χ2v) is 7.33. The van der Waals surface area contributed by atoms with Gasteiger partial charge in [0, 0.05) is 18.9 Å². The number of carbonyl (C=O) groups is 1. The maximum absolute atomic E-state index is 12.3. The number of rotatable bonds is 5. The van der Waals surface area contributed by atoms with Gasteiger partial charge in [-0.05, 0) is 23.8 Å². The van der Waals surface area contributed by atoms with E-state index >= 15 is 0 Å². The molecule has 6 nitrogen and oxygen atoms in total. The number of esters is 1. The van der Waals surface area contributed by atoms with Crippen molar-refractivity contribution in [1.29, 1.82) is 0 Å². The molecule has 0 atom stereocenters. The summed E-state index contributed by atoms with van der Waals surface area (Å²) in [7, 11) is -2.69. The number of pyridine rings is 1. The molecule has 1 N–H and O–H groups in total. The first-order valence-corrected chi connectivity index (χ1v) is 8.38. The molecule has 0 radical (unpaired) electrons. The molecule has 2 aromatic heterocycles. The lowest BCUT2D eigenvalue weighted by atomic mass is 10.3. The number of thiophene rings is 1. The average Bonchev–Trinajstić information content (AvgIpc) is 2.88. The summed E-state index contributed by atoms with van der Waals surface area (Å²) in [6, 6.07) is 4.60. The summed E-state index contributed by atoms with van der Waals surface area (Å²) in [5.41, 5.74) is 0.745. The van der Waals surface area contributed by atoms with Crippen molar-refractivity contribution in [2.24, 2.45) is 0 Å². The van der Waals surface area contributed by atoms with Gasteiger partial charge in [-0.2, -0.15) is 0 Å². The van der Waals surface area contributed by atoms with Gasteiger partial charge in [0.15, 0.2) is 0 Å². The summed E-state index contributed by atoms with van der Waals surface area (Å²) >= 11 is 6.66. The molecule has 0 aliphatic rings. The minimum absolute atomic E-state index is 0.0512. The summed E-state index contributed by atoms with van der Waals surface area (Å²) in [6.07, 6.45) is 3.12. The van der Waals surface area contributed by atoms with Gasteiger partial charge in [-0.3, -0.25) is 4.98 Å². The zero-order valence-electron chi connectivity index (χ0n) is 10.9. The molecular weight excluding hydrogens is 336 g/mol. The third kappa shape index (κ3) is 3.79. The first-order chi connectivity index (χ1) is 9.94. The number of carbonyl (C=O) groups excluding carboxylic acids is 1. The van der Waals surface area contributed by atoms with E-state index in [4.69, 9.17) is 11.6 Å². The Kier molecular flexibility index (Phi) is 4.94. The highest BCUT2D eigenvalue weighted by atomic mass is 35.5. The van der Waals surface area contributed by atoms with Crippen LogP contribution in [-0.4, -0.2) is 26.5 Å². The van der Waals surface area contributed by atoms with Crippen LogP contribution in [0.4, 0.5) is 0 Å². The number of nitrogens with one attached hydrogen (secondary N) is 1. The fraction of sp³-hybridized carbons (Fsp3) is 0.167. The van der Waals surface area contributed by atoms with E-state index in [1.165, 1.54) is 13.2 Å². The van der Waals surface area contributed by atoms with Crippen LogP contribution < -0.4 is 4.72 Å². The highest BCUT2D eigenvalue weighted by Crippen LogP contribution is 2.30. The van der Waals surface area contributed by atoms with Crippen LogP contribution in [0.1, 0.15) is 15.2 Å². The van der Waals surface area contributed by atoms with Crippen molar-refractivity contribution in [3.05, 3.63) is 45.4 Å². The molecule has 0 spiro atoms. The van der Waals surface area contributed by atoms with Crippen LogP contribution in [0, 0.1) is 0 Å². The zero-order valence-corrected chi connectivity index (χ0v) is 13.3. The zero-order chi connectivity index (χ0) is 15.5. The van der Waals surface area contributed by atoms with Gasteiger partial charge in [-0.25, -0.2) is 17.9 Å². The summed E-state index contributed by atoms with van der Waals surface area (Å²) in [5.74, 6) is -0.740. The largest absolute Gasteiger partial charge is 0.465 e. The third-order valence-corrected chi connectivity index (χ3v) is 5.34. The van der Waals surface area contributed by atoms with Crippen LogP contribution in [0.15, 0.2) is 35.5 Å². The average molecular weight is 347 g/mol. The predicted molar refractivity (Wildman–Crippen MR) is 78.9 cm³/mol. The van der Waals surface area contributed by atoms with Gasteiger partial charge < -0.3 is 4.74 Å². The molecule has 2 rings (SSSR count). The van der Waals surface area contributed by atoms with Crippen LogP contribution in [0.25, 0.3) is 0 Å². The van der Waals surface area contributed by atoms with Crippen molar-refractivity contribution < 1.29 is 17.9 Å². The van der Waals surface area contributed by atoms with Crippen molar-refractivity contribution in [3.8, 4) is 0 Å². The molecule has 21 heavy (non-hydrogen) atoms. The molecular formula is C12H11ClN2O4S2. The second-order valence-electron chi connectivity index (χ2n) is 3.92. The van der Waals surface area contributed by atoms with E-state index in [1.54, 1.807) is 24.5 Å². The Morgan fingerprint density at radius 3 is 2.71 bits per heavy atom. The Morgan fingerprint density at radius 1 is 1.43 bits per heavy atom. The normalized spacial score (nSPS) is 11.3. The number of hydrogen-bond acceptors (Lipinski definition) is 6. The highest BCUT2D eigenvalue weighted by molar-refractivity contribution is 7.89. The molecule has 0 aliphatic carbocycles. The van der Waals surface area contributed by atoms with Gasteiger partial charge in [0.2, 0.25) is 10.0 Å². The monoisotopic (exact) mass is 346 g/mol. The summed E-state index contributed by atoms with van der Waals surface area (Å²) in [4.78, 5) is 15.2. The fourth-order valence-electron chi connectivity index (χ4n) is 1.54. The van der Waals surface area contributed by atoms with E-state index in [9.17, 15) is 13.2 Å². The van der Waals surface area contributed by atoms with Gasteiger partial charge in [0.25, 0.3) is 0 Å². The minimum atomic E-state index is -3.87. The van der Waals surface area contributed by atoms with Gasteiger partial charge >= 0.3 is 5.97 Å². The van der Waals surface area contributed by atoms with Crippen LogP contribution in [0.5, 0.6) is 0 Å². The molecule has 0 fully saturated rings. The van der Waals surface area contributed by atoms with Crippen molar-refractivity contribution in [2.45, 2.75) is 11.4 Å². The molecule has 2 aromatic rings. The topological polar surface area (TPSA) is 85.4 Å². The minimum Gasteiger partial charge on any atom is -0.465 e. The molecule has 0 aromatic carbocycles. The molecule has 0 bridgehead atoms. The van der Waals surface area contributed by atoms with Gasteiger partial charge in [0.1, 0.15) is 9.77 Å². The van der Waals surface area contributed by atoms with Crippen molar-refractivity contribution in [3.63, 3.8) is 0 Å². The number of nitrogens with zero attached hydrogens (tertiary/aromatic N) is 1. The lowest BCUT2D eigenvalue weighted by molar-refractivity contribution is 0.0602. The second kappa shape index (κ2) is 6.52. The Hall–Kier alpha value is -1.48. The molecule has 0 saturated carbocycles. The van der Waals surface area contributed by atoms with Crippen LogP contribution >= 0.6 is 22.9 Å². The molecule has 0 aliphatic heterocycles. The summed E-state index contributed by atoms with van der Waals surface area (Å²) in [6.45, 7) is 0.0823. The highest BCUT2D eigenvalue weighted by Gasteiger charge is 2.26. The Bertz CT molecular complexity index is 744. The van der Waals surface area contributed by atoms with E-state index in [0.717, 1.165) is 16.9 Å². The number of aromatic nitrogens is 1. The quantitative estimate of drug-likeness (QED) is 0.837. The Morgan fingerprint density at radius 2 is 2.10 bits per heavy atom. The molecule has 9 heteroatoms. The van der Waals surface area contributed by atoms with Crippen LogP contribution in [-0.2, 0) is 21.3 Å². The van der Waals surface area contributed by atoms with E-state index in [-0.39, 0.29) is 20.7 Å². The molecule has 0 saturated heterocycles. The lowest BCUT2D eigenvalue weighted by Gasteiger charge is -2.06. The van der Waals surface area contributed by atoms with E-state index in [0.29, 0.717) is 0 Å². The van der Waals surface area contributed by atoms with Crippen LogP contribution in [0.2, 0.25) is 4.34 Å². The van der Waals surface area contributed by atoms with E-state index in [1.807, 2.05) is 0 Å². The maximum atomic E-state index is 12.3. The van der Waals surface area contributed by atoms with Gasteiger partial charge in [-0.15, -0.1) is 11.3 Å². The SMILES string of the molecule is COC(=O)c1sc(Cl)cc1S(=O)(=O)NCc1ccncc1. The Labute approximate surface area is 130 Å². The van der Waals surface area contributed by atoms with Gasteiger partial charge in [-0.1, -0.05) is 11.6 Å². The third-order valence-electron chi connectivity index (χ3n) is 2.54. The number of ether oxygens (including phenoxy) is 1. The Balaban J connectivity index is 2.26. The molecule has 0 unspecified atom stereocenters. The molecule has 112 valence electrons. The predicted octanol–water partition coefficient (Wildman–Crippen LogP) is 2.06. The van der Waals surface area contributed by atoms with Gasteiger partial charge in [0.05, 0.1) is 11.4 Å². The van der Waals surface area contributed by atoms with E-state index < -0.39 is 16.0 Å². The summed E-state index contributed by atoms with van der Waals surface area (Å²) in [5, 5.41) is 0. The van der Waals surface area contributed by atoms with Crippen molar-refractivity contribution >= 4 is 38.9 Å². The lowest BCUT2D eigenvalue weighted by Crippen LogP contribution is -2.24. The molecule has 2 heterocycles. The van der Waals surface area contributed by atoms with Crippen molar-refractivity contribution in [2.75, 3.05) is 7.11 Å². The number of methoxy groups -OCH3 is 1. The van der Waals surface area contributed by atoms with E-state index in [2.05, 4.69) is 14.4 Å². The van der Waals surface area contributed by atoms with Crippen LogP contribution in [0.3, 0.4) is 0 Å². The number of sulfonamides is 1. The summed E-state index contributed by atoms with van der Waals surface area (Å²) < 4.78 is 31.7.